The number of aryl methyl sites for hydroxylation is 1. The SMILES string of the molecule is CCOC(=O)c1c(C)n(C)c2ccc(O)c(C[NH+](CC)CC)c12. The van der Waals surface area contributed by atoms with E-state index in [1.807, 2.05) is 24.6 Å². The Hall–Kier alpha value is -2.01. The van der Waals surface area contributed by atoms with E-state index in [9.17, 15) is 9.90 Å². The van der Waals surface area contributed by atoms with Crippen molar-refractivity contribution in [1.29, 1.82) is 0 Å². The fourth-order valence-corrected chi connectivity index (χ4v) is 3.09. The zero-order valence-electron chi connectivity index (χ0n) is 14.7. The number of aromatic hydroxyl groups is 1. The number of hydrogen-bond donors (Lipinski definition) is 2. The number of phenols is 1. The number of quaternary nitrogens is 1. The molecule has 0 radical (unpaired) electrons. The molecule has 0 bridgehead atoms. The smallest absolute Gasteiger partial charge is 0.340 e. The molecular weight excluding hydrogens is 292 g/mol. The zero-order chi connectivity index (χ0) is 17.1. The van der Waals surface area contributed by atoms with Crippen LogP contribution in [0.15, 0.2) is 12.1 Å². The van der Waals surface area contributed by atoms with Gasteiger partial charge in [-0.15, -0.1) is 0 Å². The Balaban J connectivity index is 2.72. The Morgan fingerprint density at radius 3 is 2.48 bits per heavy atom. The third-order valence-electron chi connectivity index (χ3n) is 4.65. The van der Waals surface area contributed by atoms with E-state index in [4.69, 9.17) is 4.74 Å². The van der Waals surface area contributed by atoms with E-state index in [-0.39, 0.29) is 11.7 Å². The van der Waals surface area contributed by atoms with Gasteiger partial charge in [-0.3, -0.25) is 0 Å². The Morgan fingerprint density at radius 2 is 1.91 bits per heavy atom. The van der Waals surface area contributed by atoms with Gasteiger partial charge in [-0.1, -0.05) is 0 Å². The number of fused-ring (bicyclic) bond motifs is 1. The van der Waals surface area contributed by atoms with Crippen molar-refractivity contribution in [3.05, 3.63) is 29.0 Å². The monoisotopic (exact) mass is 319 g/mol. The molecule has 126 valence electrons. The molecular formula is C18H27N2O3+. The van der Waals surface area contributed by atoms with E-state index >= 15 is 0 Å². The normalized spacial score (nSPS) is 11.4. The van der Waals surface area contributed by atoms with Crippen molar-refractivity contribution in [1.82, 2.24) is 4.57 Å². The number of hydrogen-bond acceptors (Lipinski definition) is 3. The van der Waals surface area contributed by atoms with Crippen LogP contribution in [0.2, 0.25) is 0 Å². The van der Waals surface area contributed by atoms with Gasteiger partial charge in [0.2, 0.25) is 0 Å². The Morgan fingerprint density at radius 1 is 1.26 bits per heavy atom. The number of rotatable bonds is 6. The van der Waals surface area contributed by atoms with E-state index in [2.05, 4.69) is 13.8 Å². The Labute approximate surface area is 137 Å². The molecule has 0 spiro atoms. The largest absolute Gasteiger partial charge is 0.507 e. The summed E-state index contributed by atoms with van der Waals surface area (Å²) in [6.07, 6.45) is 0. The molecule has 0 aliphatic carbocycles. The zero-order valence-corrected chi connectivity index (χ0v) is 14.7. The minimum absolute atomic E-state index is 0.244. The Kier molecular flexibility index (Phi) is 5.31. The molecule has 0 aliphatic heterocycles. The summed E-state index contributed by atoms with van der Waals surface area (Å²) in [7, 11) is 1.94. The van der Waals surface area contributed by atoms with Crippen LogP contribution in [-0.2, 0) is 18.3 Å². The molecule has 0 unspecified atom stereocenters. The minimum Gasteiger partial charge on any atom is -0.507 e. The van der Waals surface area contributed by atoms with Crippen LogP contribution in [0.1, 0.15) is 42.4 Å². The molecule has 1 aromatic heterocycles. The Bertz CT molecular complexity index is 715. The molecule has 0 fully saturated rings. The number of benzene rings is 1. The van der Waals surface area contributed by atoms with Crippen LogP contribution in [0.4, 0.5) is 0 Å². The third kappa shape index (κ3) is 3.06. The molecule has 0 saturated heterocycles. The summed E-state index contributed by atoms with van der Waals surface area (Å²) < 4.78 is 7.23. The maximum absolute atomic E-state index is 12.5. The number of ether oxygens (including phenoxy) is 1. The first-order valence-electron chi connectivity index (χ1n) is 8.26. The second-order valence-electron chi connectivity index (χ2n) is 5.83. The van der Waals surface area contributed by atoms with E-state index in [0.717, 1.165) is 35.2 Å². The lowest BCUT2D eigenvalue weighted by atomic mass is 10.0. The lowest BCUT2D eigenvalue weighted by molar-refractivity contribution is -0.910. The summed E-state index contributed by atoms with van der Waals surface area (Å²) >= 11 is 0. The highest BCUT2D eigenvalue weighted by Gasteiger charge is 2.25. The van der Waals surface area contributed by atoms with Gasteiger partial charge in [-0.25, -0.2) is 4.79 Å². The van der Waals surface area contributed by atoms with Crippen molar-refractivity contribution in [2.24, 2.45) is 7.05 Å². The highest BCUT2D eigenvalue weighted by atomic mass is 16.5. The summed E-state index contributed by atoms with van der Waals surface area (Å²) in [6, 6.07) is 3.58. The van der Waals surface area contributed by atoms with E-state index in [0.29, 0.717) is 18.7 Å². The molecule has 0 amide bonds. The molecule has 1 aromatic carbocycles. The van der Waals surface area contributed by atoms with E-state index in [1.54, 1.807) is 13.0 Å². The minimum atomic E-state index is -0.322. The number of esters is 1. The van der Waals surface area contributed by atoms with Crippen molar-refractivity contribution in [2.45, 2.75) is 34.2 Å². The summed E-state index contributed by atoms with van der Waals surface area (Å²) in [5.74, 6) is -0.0787. The molecule has 2 rings (SSSR count). The molecule has 0 atom stereocenters. The van der Waals surface area contributed by atoms with Crippen LogP contribution in [0.5, 0.6) is 5.75 Å². The molecule has 23 heavy (non-hydrogen) atoms. The lowest BCUT2D eigenvalue weighted by Gasteiger charge is -2.17. The van der Waals surface area contributed by atoms with Gasteiger partial charge in [0.25, 0.3) is 0 Å². The number of phenolic OH excluding ortho intramolecular Hbond substituents is 1. The number of nitrogens with zero attached hydrogens (tertiary/aromatic N) is 1. The summed E-state index contributed by atoms with van der Waals surface area (Å²) in [4.78, 5) is 13.8. The summed E-state index contributed by atoms with van der Waals surface area (Å²) in [5, 5.41) is 11.2. The predicted octanol–water partition coefficient (Wildman–Crippen LogP) is 1.79. The second-order valence-corrected chi connectivity index (χ2v) is 5.83. The fourth-order valence-electron chi connectivity index (χ4n) is 3.09. The lowest BCUT2D eigenvalue weighted by Crippen LogP contribution is -3.10. The van der Waals surface area contributed by atoms with Gasteiger partial charge in [0.05, 0.1) is 30.8 Å². The van der Waals surface area contributed by atoms with Crippen LogP contribution in [0.3, 0.4) is 0 Å². The highest BCUT2D eigenvalue weighted by Crippen LogP contribution is 2.33. The van der Waals surface area contributed by atoms with E-state index < -0.39 is 0 Å². The van der Waals surface area contributed by atoms with Crippen LogP contribution >= 0.6 is 0 Å². The van der Waals surface area contributed by atoms with Crippen molar-refractivity contribution in [3.8, 4) is 5.75 Å². The van der Waals surface area contributed by atoms with Gasteiger partial charge in [-0.05, 0) is 39.8 Å². The number of carbonyl (C=O) groups excluding carboxylic acids is 1. The van der Waals surface area contributed by atoms with Crippen molar-refractivity contribution in [3.63, 3.8) is 0 Å². The average molecular weight is 319 g/mol. The van der Waals surface area contributed by atoms with Crippen LogP contribution in [0.25, 0.3) is 10.9 Å². The van der Waals surface area contributed by atoms with Gasteiger partial charge in [-0.2, -0.15) is 0 Å². The van der Waals surface area contributed by atoms with Gasteiger partial charge in [0.15, 0.2) is 0 Å². The van der Waals surface area contributed by atoms with Gasteiger partial charge < -0.3 is 19.3 Å². The van der Waals surface area contributed by atoms with Crippen LogP contribution in [-0.4, -0.2) is 35.3 Å². The molecule has 1 heterocycles. The quantitative estimate of drug-likeness (QED) is 0.798. The molecule has 5 heteroatoms. The molecule has 5 nitrogen and oxygen atoms in total. The van der Waals surface area contributed by atoms with Crippen molar-refractivity contribution in [2.75, 3.05) is 19.7 Å². The van der Waals surface area contributed by atoms with Crippen LogP contribution < -0.4 is 4.90 Å². The topological polar surface area (TPSA) is 55.9 Å². The predicted molar refractivity (Wildman–Crippen MR) is 91.0 cm³/mol. The number of aromatic nitrogens is 1. The maximum atomic E-state index is 12.5. The number of carbonyl (C=O) groups is 1. The molecule has 0 aliphatic rings. The molecule has 0 saturated carbocycles. The molecule has 2 aromatic rings. The first-order valence-corrected chi connectivity index (χ1v) is 8.26. The highest BCUT2D eigenvalue weighted by molar-refractivity contribution is 6.07. The first-order chi connectivity index (χ1) is 11.0. The second kappa shape index (κ2) is 7.04. The third-order valence-corrected chi connectivity index (χ3v) is 4.65. The van der Waals surface area contributed by atoms with Crippen LogP contribution in [0, 0.1) is 6.92 Å². The van der Waals surface area contributed by atoms with Crippen molar-refractivity contribution < 1.29 is 19.5 Å². The van der Waals surface area contributed by atoms with Gasteiger partial charge >= 0.3 is 5.97 Å². The van der Waals surface area contributed by atoms with Gasteiger partial charge in [0.1, 0.15) is 12.3 Å². The summed E-state index contributed by atoms with van der Waals surface area (Å²) in [5.41, 5.74) is 3.21. The fraction of sp³-hybridized carbons (Fsp3) is 0.500. The van der Waals surface area contributed by atoms with Gasteiger partial charge in [0, 0.05) is 23.6 Å². The standard InChI is InChI=1S/C18H26N2O3/c1-6-20(7-2)11-13-15(21)10-9-14-17(13)16(12(4)19(14)5)18(22)23-8-3/h9-10,21H,6-8,11H2,1-5H3/p+1. The van der Waals surface area contributed by atoms with E-state index in [1.165, 1.54) is 4.90 Å². The molecule has 2 N–H and O–H groups in total. The number of nitrogens with one attached hydrogen (secondary N) is 1. The van der Waals surface area contributed by atoms with Crippen molar-refractivity contribution >= 4 is 16.9 Å². The average Bonchev–Trinajstić information content (AvgIpc) is 2.79. The summed E-state index contributed by atoms with van der Waals surface area (Å²) in [6.45, 7) is 10.9. The maximum Gasteiger partial charge on any atom is 0.340 e. The first kappa shape index (κ1) is 17.3.